The lowest BCUT2D eigenvalue weighted by Crippen LogP contribution is -2.16. The summed E-state index contributed by atoms with van der Waals surface area (Å²) >= 11 is 5.93. The highest BCUT2D eigenvalue weighted by atomic mass is 35.5. The first kappa shape index (κ1) is 12.2. The molecule has 90 valence electrons. The Morgan fingerprint density at radius 3 is 2.88 bits per heavy atom. The molecule has 1 atom stereocenters. The van der Waals surface area contributed by atoms with E-state index in [1.54, 1.807) is 0 Å². The number of carbonyl (C=O) groups excluding carboxylic acids is 1. The third-order valence-corrected chi connectivity index (χ3v) is 3.46. The zero-order chi connectivity index (χ0) is 12.4. The summed E-state index contributed by atoms with van der Waals surface area (Å²) in [7, 11) is 0. The molecule has 0 saturated carbocycles. The molecule has 0 saturated heterocycles. The standard InChI is InChI=1S/C14H16ClNO/c1-3-10(2)14(17)9-16-7-6-11-8-12(15)4-5-13(11)16/h4-8,10H,3,9H2,1-2H3. The molecule has 0 radical (unpaired) electrons. The van der Waals surface area contributed by atoms with Crippen molar-refractivity contribution >= 4 is 28.3 Å². The molecule has 2 nitrogen and oxygen atoms in total. The van der Waals surface area contributed by atoms with Gasteiger partial charge in [-0.05, 0) is 30.7 Å². The maximum atomic E-state index is 11.9. The molecule has 3 heteroatoms. The molecule has 0 fully saturated rings. The van der Waals surface area contributed by atoms with E-state index in [0.717, 1.165) is 22.3 Å². The number of nitrogens with zero attached hydrogens (tertiary/aromatic N) is 1. The molecule has 0 spiro atoms. The Bertz CT molecular complexity index is 544. The summed E-state index contributed by atoms with van der Waals surface area (Å²) in [5, 5.41) is 1.80. The molecule has 0 aliphatic heterocycles. The SMILES string of the molecule is CCC(C)C(=O)Cn1ccc2cc(Cl)ccc21. The second-order valence-corrected chi connectivity index (χ2v) is 4.86. The minimum atomic E-state index is 0.125. The number of hydrogen-bond acceptors (Lipinski definition) is 1. The number of carbonyl (C=O) groups is 1. The van der Waals surface area contributed by atoms with Gasteiger partial charge in [-0.3, -0.25) is 4.79 Å². The van der Waals surface area contributed by atoms with Crippen LogP contribution in [0.5, 0.6) is 0 Å². The van der Waals surface area contributed by atoms with Gasteiger partial charge in [-0.1, -0.05) is 25.4 Å². The van der Waals surface area contributed by atoms with E-state index in [2.05, 4.69) is 0 Å². The Balaban J connectivity index is 2.28. The molecule has 0 bridgehead atoms. The van der Waals surface area contributed by atoms with E-state index in [1.165, 1.54) is 0 Å². The molecule has 1 aromatic carbocycles. The van der Waals surface area contributed by atoms with Crippen LogP contribution in [0.3, 0.4) is 0 Å². The minimum Gasteiger partial charge on any atom is -0.340 e. The molecule has 1 aromatic heterocycles. The molecule has 17 heavy (non-hydrogen) atoms. The first-order valence-corrected chi connectivity index (χ1v) is 6.26. The average molecular weight is 250 g/mol. The van der Waals surface area contributed by atoms with Crippen molar-refractivity contribution in [3.8, 4) is 0 Å². The van der Waals surface area contributed by atoms with Gasteiger partial charge in [-0.15, -0.1) is 0 Å². The van der Waals surface area contributed by atoms with Crippen molar-refractivity contribution in [3.63, 3.8) is 0 Å². The Hall–Kier alpha value is -1.28. The normalized spacial score (nSPS) is 12.9. The van der Waals surface area contributed by atoms with Gasteiger partial charge in [0.2, 0.25) is 0 Å². The van der Waals surface area contributed by atoms with E-state index >= 15 is 0 Å². The number of benzene rings is 1. The fourth-order valence-electron chi connectivity index (χ4n) is 1.86. The first-order chi connectivity index (χ1) is 8.11. The number of fused-ring (bicyclic) bond motifs is 1. The summed E-state index contributed by atoms with van der Waals surface area (Å²) in [6.07, 6.45) is 2.84. The number of Topliss-reactive ketones (excluding diaryl/α,β-unsaturated/α-hetero) is 1. The van der Waals surface area contributed by atoms with E-state index < -0.39 is 0 Å². The Morgan fingerprint density at radius 1 is 1.41 bits per heavy atom. The van der Waals surface area contributed by atoms with Crippen molar-refractivity contribution in [2.45, 2.75) is 26.8 Å². The van der Waals surface area contributed by atoms with Gasteiger partial charge >= 0.3 is 0 Å². The van der Waals surface area contributed by atoms with Gasteiger partial charge in [-0.2, -0.15) is 0 Å². The average Bonchev–Trinajstić information content (AvgIpc) is 2.70. The maximum absolute atomic E-state index is 11.9. The van der Waals surface area contributed by atoms with Gasteiger partial charge in [0.15, 0.2) is 5.78 Å². The number of aromatic nitrogens is 1. The van der Waals surface area contributed by atoms with Gasteiger partial charge in [0, 0.05) is 28.0 Å². The van der Waals surface area contributed by atoms with Gasteiger partial charge in [0.1, 0.15) is 0 Å². The summed E-state index contributed by atoms with van der Waals surface area (Å²) in [6, 6.07) is 7.72. The fourth-order valence-corrected chi connectivity index (χ4v) is 2.04. The smallest absolute Gasteiger partial charge is 0.155 e. The van der Waals surface area contributed by atoms with Crippen LogP contribution in [0.25, 0.3) is 10.9 Å². The van der Waals surface area contributed by atoms with Crippen LogP contribution in [0.15, 0.2) is 30.5 Å². The highest BCUT2D eigenvalue weighted by Crippen LogP contribution is 2.21. The van der Waals surface area contributed by atoms with Gasteiger partial charge < -0.3 is 4.57 Å². The van der Waals surface area contributed by atoms with Crippen LogP contribution in [0.4, 0.5) is 0 Å². The van der Waals surface area contributed by atoms with Crippen LogP contribution >= 0.6 is 11.6 Å². The minimum absolute atomic E-state index is 0.125. The molecular formula is C14H16ClNO. The van der Waals surface area contributed by atoms with Crippen molar-refractivity contribution in [1.29, 1.82) is 0 Å². The maximum Gasteiger partial charge on any atom is 0.155 e. The van der Waals surface area contributed by atoms with Crippen molar-refractivity contribution in [1.82, 2.24) is 4.57 Å². The number of hydrogen-bond donors (Lipinski definition) is 0. The lowest BCUT2D eigenvalue weighted by molar-refractivity contribution is -0.122. The van der Waals surface area contributed by atoms with Crippen molar-refractivity contribution in [2.75, 3.05) is 0 Å². The summed E-state index contributed by atoms with van der Waals surface area (Å²) in [6.45, 7) is 4.46. The molecule has 0 amide bonds. The molecule has 1 unspecified atom stereocenters. The van der Waals surface area contributed by atoms with Crippen LogP contribution in [-0.2, 0) is 11.3 Å². The van der Waals surface area contributed by atoms with Crippen molar-refractivity contribution in [2.24, 2.45) is 5.92 Å². The molecule has 0 aliphatic rings. The van der Waals surface area contributed by atoms with Crippen LogP contribution in [0.1, 0.15) is 20.3 Å². The second kappa shape index (κ2) is 4.92. The molecular weight excluding hydrogens is 234 g/mol. The van der Waals surface area contributed by atoms with E-state index in [0.29, 0.717) is 6.54 Å². The zero-order valence-corrected chi connectivity index (χ0v) is 10.9. The van der Waals surface area contributed by atoms with Gasteiger partial charge in [0.25, 0.3) is 0 Å². The molecule has 2 rings (SSSR count). The number of rotatable bonds is 4. The lowest BCUT2D eigenvalue weighted by Gasteiger charge is -2.09. The third-order valence-electron chi connectivity index (χ3n) is 3.22. The quantitative estimate of drug-likeness (QED) is 0.805. The zero-order valence-electron chi connectivity index (χ0n) is 10.1. The molecule has 1 heterocycles. The van der Waals surface area contributed by atoms with Crippen LogP contribution in [-0.4, -0.2) is 10.4 Å². The highest BCUT2D eigenvalue weighted by Gasteiger charge is 2.12. The van der Waals surface area contributed by atoms with E-state index in [-0.39, 0.29) is 11.7 Å². The largest absolute Gasteiger partial charge is 0.340 e. The highest BCUT2D eigenvalue weighted by molar-refractivity contribution is 6.31. The third kappa shape index (κ3) is 2.52. The van der Waals surface area contributed by atoms with Crippen LogP contribution in [0.2, 0.25) is 5.02 Å². The topological polar surface area (TPSA) is 22.0 Å². The van der Waals surface area contributed by atoms with E-state index in [1.807, 2.05) is 48.9 Å². The van der Waals surface area contributed by atoms with Crippen LogP contribution in [0, 0.1) is 5.92 Å². The fraction of sp³-hybridized carbons (Fsp3) is 0.357. The van der Waals surface area contributed by atoms with Gasteiger partial charge in [-0.25, -0.2) is 0 Å². The molecule has 2 aromatic rings. The Morgan fingerprint density at radius 2 is 2.18 bits per heavy atom. The van der Waals surface area contributed by atoms with E-state index in [4.69, 9.17) is 11.6 Å². The number of ketones is 1. The van der Waals surface area contributed by atoms with Crippen molar-refractivity contribution < 1.29 is 4.79 Å². The first-order valence-electron chi connectivity index (χ1n) is 5.89. The Kier molecular flexibility index (Phi) is 3.53. The van der Waals surface area contributed by atoms with E-state index in [9.17, 15) is 4.79 Å². The summed E-state index contributed by atoms with van der Waals surface area (Å²) in [5.41, 5.74) is 1.06. The lowest BCUT2D eigenvalue weighted by atomic mass is 10.0. The summed E-state index contributed by atoms with van der Waals surface area (Å²) < 4.78 is 1.99. The summed E-state index contributed by atoms with van der Waals surface area (Å²) in [4.78, 5) is 11.9. The second-order valence-electron chi connectivity index (χ2n) is 4.42. The van der Waals surface area contributed by atoms with Gasteiger partial charge in [0.05, 0.1) is 6.54 Å². The Labute approximate surface area is 106 Å². The predicted octanol–water partition coefficient (Wildman–Crippen LogP) is 3.91. The number of halogens is 1. The molecule has 0 aliphatic carbocycles. The summed E-state index contributed by atoms with van der Waals surface area (Å²) in [5.74, 6) is 0.403. The van der Waals surface area contributed by atoms with Crippen LogP contribution < -0.4 is 0 Å². The predicted molar refractivity (Wildman–Crippen MR) is 71.4 cm³/mol. The monoisotopic (exact) mass is 249 g/mol. The van der Waals surface area contributed by atoms with Crippen molar-refractivity contribution in [3.05, 3.63) is 35.5 Å². The molecule has 0 N–H and O–H groups in total.